The first kappa shape index (κ1) is 24.2. The van der Waals surface area contributed by atoms with Crippen molar-refractivity contribution >= 4 is 5.91 Å². The van der Waals surface area contributed by atoms with Gasteiger partial charge in [0.05, 0.1) is 6.04 Å². The lowest BCUT2D eigenvalue weighted by Crippen LogP contribution is -2.26. The van der Waals surface area contributed by atoms with Crippen molar-refractivity contribution in [2.45, 2.75) is 96.9 Å². The van der Waals surface area contributed by atoms with Crippen LogP contribution in [0.2, 0.25) is 0 Å². The average Bonchev–Trinajstić information content (AvgIpc) is 2.71. The first-order chi connectivity index (χ1) is 13.7. The average molecular weight is 384 g/mol. The topological polar surface area (TPSA) is 29.1 Å². The van der Waals surface area contributed by atoms with E-state index in [2.05, 4.69) is 48.7 Å². The highest BCUT2D eigenvalue weighted by atomic mass is 16.1. The number of allylic oxidation sites excluding steroid dienone is 4. The van der Waals surface area contributed by atoms with Crippen LogP contribution in [-0.2, 0) is 4.79 Å². The molecule has 0 saturated carbocycles. The van der Waals surface area contributed by atoms with Crippen LogP contribution in [0.1, 0.15) is 103 Å². The van der Waals surface area contributed by atoms with Gasteiger partial charge in [-0.25, -0.2) is 0 Å². The predicted molar refractivity (Wildman–Crippen MR) is 122 cm³/mol. The molecule has 2 nitrogen and oxygen atoms in total. The number of rotatable bonds is 16. The van der Waals surface area contributed by atoms with E-state index >= 15 is 0 Å². The Morgan fingerprint density at radius 3 is 2.14 bits per heavy atom. The van der Waals surface area contributed by atoms with Gasteiger partial charge in [-0.3, -0.25) is 4.79 Å². The van der Waals surface area contributed by atoms with Gasteiger partial charge in [0.25, 0.3) is 0 Å². The number of nitrogens with one attached hydrogen (secondary N) is 1. The molecule has 0 aliphatic carbocycles. The van der Waals surface area contributed by atoms with Crippen LogP contribution in [-0.4, -0.2) is 5.91 Å². The van der Waals surface area contributed by atoms with Gasteiger partial charge >= 0.3 is 0 Å². The van der Waals surface area contributed by atoms with E-state index in [1.165, 1.54) is 51.4 Å². The Morgan fingerprint density at radius 1 is 0.857 bits per heavy atom. The van der Waals surface area contributed by atoms with Crippen molar-refractivity contribution < 1.29 is 4.79 Å². The predicted octanol–water partition coefficient (Wildman–Crippen LogP) is 7.68. The minimum Gasteiger partial charge on any atom is -0.350 e. The molecule has 1 amide bonds. The molecule has 2 heteroatoms. The lowest BCUT2D eigenvalue weighted by atomic mass is 10.1. The summed E-state index contributed by atoms with van der Waals surface area (Å²) in [5.74, 6) is 0.169. The van der Waals surface area contributed by atoms with Gasteiger partial charge in [0.15, 0.2) is 0 Å². The highest BCUT2D eigenvalue weighted by Crippen LogP contribution is 2.12. The van der Waals surface area contributed by atoms with E-state index in [0.717, 1.165) is 24.8 Å². The van der Waals surface area contributed by atoms with Crippen LogP contribution in [0.4, 0.5) is 0 Å². The van der Waals surface area contributed by atoms with Crippen LogP contribution in [0.25, 0.3) is 0 Å². The number of carbonyl (C=O) groups excluding carboxylic acids is 1. The molecule has 1 aromatic rings. The van der Waals surface area contributed by atoms with Gasteiger partial charge in [-0.15, -0.1) is 0 Å². The maximum atomic E-state index is 12.0. The van der Waals surface area contributed by atoms with Crippen molar-refractivity contribution in [2.75, 3.05) is 0 Å². The molecule has 0 fully saturated rings. The van der Waals surface area contributed by atoms with Crippen LogP contribution in [0.3, 0.4) is 0 Å². The maximum Gasteiger partial charge on any atom is 0.220 e. The fourth-order valence-electron chi connectivity index (χ4n) is 3.24. The van der Waals surface area contributed by atoms with E-state index in [4.69, 9.17) is 0 Å². The van der Waals surface area contributed by atoms with Crippen LogP contribution in [0, 0.1) is 0 Å². The van der Waals surface area contributed by atoms with Crippen LogP contribution < -0.4 is 5.32 Å². The number of amides is 1. The van der Waals surface area contributed by atoms with Crippen LogP contribution >= 0.6 is 0 Å². The van der Waals surface area contributed by atoms with Gasteiger partial charge in [0, 0.05) is 6.42 Å². The molecule has 1 aromatic carbocycles. The third-order valence-corrected chi connectivity index (χ3v) is 5.03. The Labute approximate surface area is 173 Å². The van der Waals surface area contributed by atoms with E-state index in [-0.39, 0.29) is 11.9 Å². The molecule has 0 heterocycles. The first-order valence-electron chi connectivity index (χ1n) is 11.4. The minimum atomic E-state index is 0.0895. The molecule has 0 aliphatic rings. The van der Waals surface area contributed by atoms with Gasteiger partial charge in [-0.05, 0) is 51.0 Å². The Balaban J connectivity index is 1.92. The molecule has 1 rings (SSSR count). The Morgan fingerprint density at radius 2 is 1.46 bits per heavy atom. The number of hydrogen-bond donors (Lipinski definition) is 1. The standard InChI is InChI=1S/C26H41NO/c1-3-4-5-6-7-8-9-10-11-12-13-14-15-16-20-23-26(28)27-24(2)25-21-18-17-19-22-25/h7-8,10-11,17-19,21-22,24H,3-6,9,12-16,20,23H2,1-2H3,(H,27,28)/b8-7+,11-10-/t24-/m1/s1. The summed E-state index contributed by atoms with van der Waals surface area (Å²) in [5.41, 5.74) is 1.16. The summed E-state index contributed by atoms with van der Waals surface area (Å²) in [6.45, 7) is 4.29. The number of unbranched alkanes of at least 4 members (excludes halogenated alkanes) is 8. The highest BCUT2D eigenvalue weighted by molar-refractivity contribution is 5.76. The summed E-state index contributed by atoms with van der Waals surface area (Å²) in [7, 11) is 0. The molecule has 156 valence electrons. The summed E-state index contributed by atoms with van der Waals surface area (Å²) >= 11 is 0. The summed E-state index contributed by atoms with van der Waals surface area (Å²) in [6, 6.07) is 10.2. The molecule has 28 heavy (non-hydrogen) atoms. The molecule has 0 aromatic heterocycles. The van der Waals surface area contributed by atoms with E-state index in [0.29, 0.717) is 6.42 Å². The Hall–Kier alpha value is -1.83. The molecule has 0 spiro atoms. The lowest BCUT2D eigenvalue weighted by molar-refractivity contribution is -0.121. The zero-order chi connectivity index (χ0) is 20.3. The van der Waals surface area contributed by atoms with Gasteiger partial charge in [-0.2, -0.15) is 0 Å². The van der Waals surface area contributed by atoms with Gasteiger partial charge in [0.1, 0.15) is 0 Å². The largest absolute Gasteiger partial charge is 0.350 e. The summed E-state index contributed by atoms with van der Waals surface area (Å²) in [6.07, 6.45) is 23.2. The van der Waals surface area contributed by atoms with E-state index in [1.807, 2.05) is 25.1 Å². The second-order valence-corrected chi connectivity index (χ2v) is 7.68. The SMILES string of the molecule is CCCCC/C=C/C/C=C\CCCCCCCC(=O)N[C@H](C)c1ccccc1. The third-order valence-electron chi connectivity index (χ3n) is 5.03. The second-order valence-electron chi connectivity index (χ2n) is 7.68. The minimum absolute atomic E-state index is 0.0895. The van der Waals surface area contributed by atoms with Crippen molar-refractivity contribution in [1.29, 1.82) is 0 Å². The molecule has 1 N–H and O–H groups in total. The van der Waals surface area contributed by atoms with E-state index in [9.17, 15) is 4.79 Å². The normalized spacial score (nSPS) is 12.6. The Bertz CT molecular complexity index is 547. The van der Waals surface area contributed by atoms with Crippen molar-refractivity contribution in [3.05, 3.63) is 60.2 Å². The number of hydrogen-bond acceptors (Lipinski definition) is 1. The molecular weight excluding hydrogens is 342 g/mol. The number of carbonyl (C=O) groups is 1. The monoisotopic (exact) mass is 383 g/mol. The molecule has 0 bridgehead atoms. The Kier molecular flexibility index (Phi) is 14.9. The van der Waals surface area contributed by atoms with Gasteiger partial charge in [-0.1, -0.05) is 93.7 Å². The molecule has 0 aliphatic heterocycles. The van der Waals surface area contributed by atoms with Gasteiger partial charge in [0.2, 0.25) is 5.91 Å². The molecule has 0 unspecified atom stereocenters. The van der Waals surface area contributed by atoms with Crippen LogP contribution in [0.5, 0.6) is 0 Å². The van der Waals surface area contributed by atoms with Crippen LogP contribution in [0.15, 0.2) is 54.6 Å². The second kappa shape index (κ2) is 17.3. The summed E-state index contributed by atoms with van der Waals surface area (Å²) in [4.78, 5) is 12.0. The number of benzene rings is 1. The van der Waals surface area contributed by atoms with Crippen molar-refractivity contribution in [1.82, 2.24) is 5.32 Å². The smallest absolute Gasteiger partial charge is 0.220 e. The van der Waals surface area contributed by atoms with Crippen molar-refractivity contribution in [3.8, 4) is 0 Å². The quantitative estimate of drug-likeness (QED) is 0.230. The van der Waals surface area contributed by atoms with E-state index < -0.39 is 0 Å². The molecular formula is C26H41NO. The zero-order valence-electron chi connectivity index (χ0n) is 18.2. The fraction of sp³-hybridized carbons (Fsp3) is 0.577. The summed E-state index contributed by atoms with van der Waals surface area (Å²) in [5, 5.41) is 3.09. The molecule has 1 atom stereocenters. The zero-order valence-corrected chi connectivity index (χ0v) is 18.2. The molecule has 0 radical (unpaired) electrons. The van der Waals surface area contributed by atoms with E-state index in [1.54, 1.807) is 0 Å². The van der Waals surface area contributed by atoms with Gasteiger partial charge < -0.3 is 5.32 Å². The van der Waals surface area contributed by atoms with Crippen molar-refractivity contribution in [2.24, 2.45) is 0 Å². The highest BCUT2D eigenvalue weighted by Gasteiger charge is 2.08. The third kappa shape index (κ3) is 13.4. The molecule has 0 saturated heterocycles. The summed E-state index contributed by atoms with van der Waals surface area (Å²) < 4.78 is 0. The fourth-order valence-corrected chi connectivity index (χ4v) is 3.24. The maximum absolute atomic E-state index is 12.0. The van der Waals surface area contributed by atoms with Crippen molar-refractivity contribution in [3.63, 3.8) is 0 Å². The lowest BCUT2D eigenvalue weighted by Gasteiger charge is -2.14. The first-order valence-corrected chi connectivity index (χ1v) is 11.4.